The average molecular weight is 413 g/mol. The second kappa shape index (κ2) is 9.22. The van der Waals surface area contributed by atoms with Crippen molar-refractivity contribution < 1.29 is 19.0 Å². The Morgan fingerprint density at radius 1 is 0.806 bits per heavy atom. The van der Waals surface area contributed by atoms with E-state index in [9.17, 15) is 4.79 Å². The van der Waals surface area contributed by atoms with E-state index >= 15 is 0 Å². The van der Waals surface area contributed by atoms with Crippen LogP contribution >= 0.6 is 0 Å². The molecule has 4 aromatic carbocycles. The van der Waals surface area contributed by atoms with Crippen LogP contribution in [-0.2, 0) is 6.61 Å². The van der Waals surface area contributed by atoms with E-state index in [0.717, 1.165) is 22.1 Å². The largest absolute Gasteiger partial charge is 0.497 e. The molecule has 0 aliphatic heterocycles. The Balaban J connectivity index is 1.55. The Kier molecular flexibility index (Phi) is 6.03. The minimum atomic E-state index is -0.220. The fraction of sp³-hybridized carbons (Fsp3) is 0.115. The van der Waals surface area contributed by atoms with E-state index < -0.39 is 0 Å². The van der Waals surface area contributed by atoms with Crippen LogP contribution in [0.4, 0.5) is 5.69 Å². The molecule has 1 amide bonds. The molecule has 0 bridgehead atoms. The van der Waals surface area contributed by atoms with Crippen LogP contribution in [0.5, 0.6) is 17.2 Å². The van der Waals surface area contributed by atoms with Gasteiger partial charge in [0.05, 0.1) is 14.2 Å². The summed E-state index contributed by atoms with van der Waals surface area (Å²) in [6, 6.07) is 26.5. The molecule has 0 atom stereocenters. The summed E-state index contributed by atoms with van der Waals surface area (Å²) in [5.41, 5.74) is 1.96. The molecular formula is C26H23NO4. The number of rotatable bonds is 7. The highest BCUT2D eigenvalue weighted by molar-refractivity contribution is 6.04. The molecule has 0 fully saturated rings. The first-order valence-corrected chi connectivity index (χ1v) is 9.91. The Morgan fingerprint density at radius 3 is 2.45 bits per heavy atom. The standard InChI is InChI=1S/C26H23NO4/c1-29-22-10-6-9-21(16-22)27-26(28)19-13-14-24(30-2)20(15-19)17-31-25-12-5-8-18-7-3-4-11-23(18)25/h3-16H,17H2,1-2H3,(H,27,28). The molecule has 0 spiro atoms. The maximum Gasteiger partial charge on any atom is 0.255 e. The minimum Gasteiger partial charge on any atom is -0.497 e. The second-order valence-corrected chi connectivity index (χ2v) is 6.98. The van der Waals surface area contributed by atoms with Crippen LogP contribution in [0.3, 0.4) is 0 Å². The highest BCUT2D eigenvalue weighted by atomic mass is 16.5. The van der Waals surface area contributed by atoms with Gasteiger partial charge in [-0.2, -0.15) is 0 Å². The zero-order valence-corrected chi connectivity index (χ0v) is 17.4. The summed E-state index contributed by atoms with van der Waals surface area (Å²) in [5, 5.41) is 5.04. The molecule has 31 heavy (non-hydrogen) atoms. The van der Waals surface area contributed by atoms with Gasteiger partial charge in [-0.1, -0.05) is 42.5 Å². The van der Waals surface area contributed by atoms with Crippen molar-refractivity contribution in [1.29, 1.82) is 0 Å². The van der Waals surface area contributed by atoms with Gasteiger partial charge in [0.1, 0.15) is 23.9 Å². The molecule has 4 aromatic rings. The number of fused-ring (bicyclic) bond motifs is 1. The first-order valence-electron chi connectivity index (χ1n) is 9.91. The number of benzene rings is 4. The summed E-state index contributed by atoms with van der Waals surface area (Å²) < 4.78 is 16.8. The van der Waals surface area contributed by atoms with E-state index in [1.807, 2.05) is 60.7 Å². The predicted octanol–water partition coefficient (Wildman–Crippen LogP) is 5.69. The lowest BCUT2D eigenvalue weighted by Gasteiger charge is -2.14. The quantitative estimate of drug-likeness (QED) is 0.423. The lowest BCUT2D eigenvalue weighted by Crippen LogP contribution is -2.13. The zero-order valence-electron chi connectivity index (χ0n) is 17.4. The number of ether oxygens (including phenoxy) is 3. The smallest absolute Gasteiger partial charge is 0.255 e. The summed E-state index contributed by atoms with van der Waals surface area (Å²) in [4.78, 5) is 12.8. The number of carbonyl (C=O) groups excluding carboxylic acids is 1. The average Bonchev–Trinajstić information content (AvgIpc) is 2.82. The molecule has 0 radical (unpaired) electrons. The predicted molar refractivity (Wildman–Crippen MR) is 122 cm³/mol. The van der Waals surface area contributed by atoms with Crippen LogP contribution in [0.15, 0.2) is 84.9 Å². The van der Waals surface area contributed by atoms with Crippen molar-refractivity contribution in [3.8, 4) is 17.2 Å². The van der Waals surface area contributed by atoms with Crippen LogP contribution in [0.25, 0.3) is 10.8 Å². The summed E-state index contributed by atoms with van der Waals surface area (Å²) in [6.45, 7) is 0.275. The van der Waals surface area contributed by atoms with Crippen molar-refractivity contribution >= 4 is 22.4 Å². The summed E-state index contributed by atoms with van der Waals surface area (Å²) in [7, 11) is 3.19. The third-order valence-electron chi connectivity index (χ3n) is 5.00. The fourth-order valence-corrected chi connectivity index (χ4v) is 3.41. The summed E-state index contributed by atoms with van der Waals surface area (Å²) in [5.74, 6) is 1.91. The van der Waals surface area contributed by atoms with Crippen molar-refractivity contribution in [2.75, 3.05) is 19.5 Å². The third kappa shape index (κ3) is 4.61. The SMILES string of the molecule is COc1cccc(NC(=O)c2ccc(OC)c(COc3cccc4ccccc34)c2)c1. The number of amides is 1. The monoisotopic (exact) mass is 413 g/mol. The van der Waals surface area contributed by atoms with Gasteiger partial charge in [0.25, 0.3) is 5.91 Å². The number of hydrogen-bond acceptors (Lipinski definition) is 4. The zero-order chi connectivity index (χ0) is 21.6. The molecule has 0 saturated heterocycles. The Bertz CT molecular complexity index is 1210. The van der Waals surface area contributed by atoms with Gasteiger partial charge in [-0.25, -0.2) is 0 Å². The number of methoxy groups -OCH3 is 2. The fourth-order valence-electron chi connectivity index (χ4n) is 3.41. The van der Waals surface area contributed by atoms with Gasteiger partial charge in [-0.15, -0.1) is 0 Å². The Labute approximate surface area is 181 Å². The molecular weight excluding hydrogens is 390 g/mol. The lowest BCUT2D eigenvalue weighted by molar-refractivity contribution is 0.102. The van der Waals surface area contributed by atoms with Gasteiger partial charge in [-0.05, 0) is 41.8 Å². The maximum atomic E-state index is 12.8. The van der Waals surface area contributed by atoms with E-state index in [0.29, 0.717) is 22.7 Å². The molecule has 156 valence electrons. The molecule has 0 aromatic heterocycles. The molecule has 0 saturated carbocycles. The minimum absolute atomic E-state index is 0.220. The van der Waals surface area contributed by atoms with Gasteiger partial charge in [-0.3, -0.25) is 4.79 Å². The molecule has 5 heteroatoms. The van der Waals surface area contributed by atoms with Crippen molar-refractivity contribution in [2.24, 2.45) is 0 Å². The number of carbonyl (C=O) groups is 1. The van der Waals surface area contributed by atoms with Crippen LogP contribution < -0.4 is 19.5 Å². The van der Waals surface area contributed by atoms with E-state index in [-0.39, 0.29) is 12.5 Å². The maximum absolute atomic E-state index is 12.8. The molecule has 4 rings (SSSR count). The van der Waals surface area contributed by atoms with Gasteiger partial charge in [0.15, 0.2) is 0 Å². The normalized spacial score (nSPS) is 10.5. The number of hydrogen-bond donors (Lipinski definition) is 1. The van der Waals surface area contributed by atoms with E-state index in [4.69, 9.17) is 14.2 Å². The number of nitrogens with one attached hydrogen (secondary N) is 1. The lowest BCUT2D eigenvalue weighted by atomic mass is 10.1. The molecule has 0 aliphatic rings. The summed E-state index contributed by atoms with van der Waals surface area (Å²) in [6.07, 6.45) is 0. The van der Waals surface area contributed by atoms with E-state index in [1.165, 1.54) is 0 Å². The molecule has 0 heterocycles. The summed E-state index contributed by atoms with van der Waals surface area (Å²) >= 11 is 0. The third-order valence-corrected chi connectivity index (χ3v) is 5.00. The van der Waals surface area contributed by atoms with Crippen LogP contribution in [-0.4, -0.2) is 20.1 Å². The van der Waals surface area contributed by atoms with Crippen molar-refractivity contribution in [2.45, 2.75) is 6.61 Å². The molecule has 0 unspecified atom stereocenters. The van der Waals surface area contributed by atoms with Crippen LogP contribution in [0, 0.1) is 0 Å². The van der Waals surface area contributed by atoms with Gasteiger partial charge >= 0.3 is 0 Å². The van der Waals surface area contributed by atoms with Crippen molar-refractivity contribution in [3.05, 3.63) is 96.1 Å². The van der Waals surface area contributed by atoms with Gasteiger partial charge in [0, 0.05) is 28.3 Å². The Hall–Kier alpha value is -3.99. The molecule has 1 N–H and O–H groups in total. The van der Waals surface area contributed by atoms with Crippen LogP contribution in [0.1, 0.15) is 15.9 Å². The second-order valence-electron chi connectivity index (χ2n) is 6.98. The van der Waals surface area contributed by atoms with Crippen LogP contribution in [0.2, 0.25) is 0 Å². The van der Waals surface area contributed by atoms with Crippen molar-refractivity contribution in [1.82, 2.24) is 0 Å². The first kappa shape index (κ1) is 20.3. The van der Waals surface area contributed by atoms with Gasteiger partial charge < -0.3 is 19.5 Å². The van der Waals surface area contributed by atoms with Gasteiger partial charge in [0.2, 0.25) is 0 Å². The number of anilines is 1. The van der Waals surface area contributed by atoms with E-state index in [2.05, 4.69) is 5.32 Å². The first-order chi connectivity index (χ1) is 15.2. The Morgan fingerprint density at radius 2 is 1.61 bits per heavy atom. The molecule has 0 aliphatic carbocycles. The highest BCUT2D eigenvalue weighted by Crippen LogP contribution is 2.28. The topological polar surface area (TPSA) is 56.8 Å². The highest BCUT2D eigenvalue weighted by Gasteiger charge is 2.12. The molecule has 5 nitrogen and oxygen atoms in total. The van der Waals surface area contributed by atoms with Crippen molar-refractivity contribution in [3.63, 3.8) is 0 Å². The van der Waals surface area contributed by atoms with E-state index in [1.54, 1.807) is 38.5 Å².